The van der Waals surface area contributed by atoms with Crippen molar-refractivity contribution in [3.8, 4) is 5.75 Å². The molecular weight excluding hydrogens is 879 g/mol. The number of likely N-dealkylation sites (tertiary alicyclic amines) is 2. The molecule has 0 aromatic heterocycles. The Hall–Kier alpha value is -7.14. The molecule has 2 aliphatic heterocycles. The van der Waals surface area contributed by atoms with Gasteiger partial charge in [-0.05, 0) is 54.9 Å². The summed E-state index contributed by atoms with van der Waals surface area (Å²) in [6.07, 6.45) is -0.0720. The highest BCUT2D eigenvalue weighted by Crippen LogP contribution is 2.22. The van der Waals surface area contributed by atoms with E-state index in [1.807, 2.05) is 0 Å². The number of amides is 8. The molecule has 2 saturated heterocycles. The van der Waals surface area contributed by atoms with Gasteiger partial charge in [-0.25, -0.2) is 4.79 Å². The number of carbonyl (C=O) groups excluding carboxylic acids is 8. The lowest BCUT2D eigenvalue weighted by Crippen LogP contribution is -2.60. The van der Waals surface area contributed by atoms with Crippen LogP contribution in [0.5, 0.6) is 5.75 Å². The molecular formula is C44H59N9O14. The average molecular weight is 938 g/mol. The number of aliphatic carboxylic acids is 2. The van der Waals surface area contributed by atoms with Crippen LogP contribution in [-0.2, 0) is 60.8 Å². The molecule has 0 bridgehead atoms. The maximum Gasteiger partial charge on any atom is 0.326 e. The zero-order valence-electron chi connectivity index (χ0n) is 37.1. The number of carboxylic acid groups (broad SMARTS) is 2. The first-order valence-corrected chi connectivity index (χ1v) is 21.8. The van der Waals surface area contributed by atoms with Crippen LogP contribution in [0.15, 0.2) is 54.6 Å². The lowest BCUT2D eigenvalue weighted by molar-refractivity contribution is -0.149. The van der Waals surface area contributed by atoms with Crippen LogP contribution in [-0.4, -0.2) is 165 Å². The Morgan fingerprint density at radius 2 is 1.19 bits per heavy atom. The third-order valence-corrected chi connectivity index (χ3v) is 11.3. The van der Waals surface area contributed by atoms with E-state index < -0.39 is 134 Å². The van der Waals surface area contributed by atoms with Gasteiger partial charge in [-0.15, -0.1) is 0 Å². The molecule has 23 nitrogen and oxygen atoms in total. The SMILES string of the molecule is CC(C)[C@H](NC(=O)[C@@H]1CCCN1C(=O)[C@H](CC(=O)O)NC(=O)[C@H](Cc1ccc(O)cc1)NC(=O)[C@H](CO)NC(=O)CN)C(=O)NCC(=O)N[C@@H](Cc1ccccc1)C(=O)N1CCC[C@H]1C(=O)O. The topological polar surface area (TPSA) is 356 Å². The predicted octanol–water partition coefficient (Wildman–Crippen LogP) is -3.13. The fraction of sp³-hybridized carbons (Fsp3) is 0.500. The van der Waals surface area contributed by atoms with Crippen molar-refractivity contribution in [3.05, 3.63) is 65.7 Å². The Morgan fingerprint density at radius 1 is 0.657 bits per heavy atom. The number of nitrogens with zero attached hydrogens (tertiary/aromatic N) is 2. The second-order valence-electron chi connectivity index (χ2n) is 16.6. The standard InChI is InChI=1S/C44H59N9O14/c1-24(2)37(41(63)46-22-35(57)47-29(19-25-8-4-3-5-9-25)42(64)53-17-7-11-33(53)44(66)67)51-40(62)32-10-6-16-52(32)43(65)30(20-36(58)59)50-38(60)28(18-26-12-14-27(55)15-13-26)49-39(61)31(23-54)48-34(56)21-45/h3-5,8-9,12-15,24,28-33,37,54-55H,6-7,10-11,16-23,45H2,1-2H3,(H,46,63)(H,47,57)(H,48,56)(H,49,61)(H,50,60)(H,51,62)(H,58,59)(H,66,67)/t28-,29-,30-,31-,32-,33-,37-/m0/s1. The van der Waals surface area contributed by atoms with Crippen LogP contribution in [0.25, 0.3) is 0 Å². The lowest BCUT2D eigenvalue weighted by atomic mass is 10.0. The van der Waals surface area contributed by atoms with Crippen LogP contribution in [0.4, 0.5) is 0 Å². The van der Waals surface area contributed by atoms with Crippen molar-refractivity contribution < 1.29 is 68.4 Å². The third kappa shape index (κ3) is 15.2. The first kappa shape index (κ1) is 52.5. The molecule has 4 rings (SSSR count). The molecule has 7 atom stereocenters. The van der Waals surface area contributed by atoms with E-state index in [2.05, 4.69) is 31.9 Å². The molecule has 67 heavy (non-hydrogen) atoms. The minimum atomic E-state index is -1.77. The van der Waals surface area contributed by atoms with E-state index in [4.69, 9.17) is 5.73 Å². The van der Waals surface area contributed by atoms with Gasteiger partial charge < -0.3 is 67.9 Å². The molecule has 0 unspecified atom stereocenters. The van der Waals surface area contributed by atoms with E-state index >= 15 is 0 Å². The summed E-state index contributed by atoms with van der Waals surface area (Å²) in [6, 6.07) is 4.72. The van der Waals surface area contributed by atoms with Crippen molar-refractivity contribution in [2.45, 2.75) is 101 Å². The molecule has 2 aliphatic rings. The van der Waals surface area contributed by atoms with Crippen molar-refractivity contribution in [2.24, 2.45) is 11.7 Å². The molecule has 0 spiro atoms. The van der Waals surface area contributed by atoms with Crippen molar-refractivity contribution in [1.82, 2.24) is 41.7 Å². The van der Waals surface area contributed by atoms with Gasteiger partial charge in [0.15, 0.2) is 0 Å². The molecule has 12 N–H and O–H groups in total. The Bertz CT molecular complexity index is 2120. The van der Waals surface area contributed by atoms with Gasteiger partial charge in [-0.1, -0.05) is 56.3 Å². The summed E-state index contributed by atoms with van der Waals surface area (Å²) in [4.78, 5) is 133. The average Bonchev–Trinajstić information content (AvgIpc) is 4.00. The van der Waals surface area contributed by atoms with E-state index in [0.717, 1.165) is 4.90 Å². The molecule has 0 aliphatic carbocycles. The second kappa shape index (κ2) is 25.0. The number of benzene rings is 2. The number of phenolic OH excluding ortho intramolecular Hbond substituents is 1. The van der Waals surface area contributed by atoms with Gasteiger partial charge in [0, 0.05) is 25.9 Å². The zero-order chi connectivity index (χ0) is 49.4. The predicted molar refractivity (Wildman–Crippen MR) is 235 cm³/mol. The van der Waals surface area contributed by atoms with E-state index in [1.54, 1.807) is 44.2 Å². The summed E-state index contributed by atoms with van der Waals surface area (Å²) in [5, 5.41) is 53.6. The first-order valence-electron chi connectivity index (χ1n) is 21.8. The van der Waals surface area contributed by atoms with Crippen LogP contribution in [0.1, 0.15) is 57.1 Å². The maximum atomic E-state index is 14.1. The monoisotopic (exact) mass is 937 g/mol. The quantitative estimate of drug-likeness (QED) is 0.0525. The van der Waals surface area contributed by atoms with E-state index in [9.17, 15) is 68.4 Å². The summed E-state index contributed by atoms with van der Waals surface area (Å²) in [6.45, 7) is 1.36. The van der Waals surface area contributed by atoms with Gasteiger partial charge in [0.05, 0.1) is 26.1 Å². The summed E-state index contributed by atoms with van der Waals surface area (Å²) in [7, 11) is 0. The minimum Gasteiger partial charge on any atom is -0.508 e. The van der Waals surface area contributed by atoms with Gasteiger partial charge in [0.25, 0.3) is 0 Å². The molecule has 0 saturated carbocycles. The Morgan fingerprint density at radius 3 is 1.78 bits per heavy atom. The second-order valence-corrected chi connectivity index (χ2v) is 16.6. The van der Waals surface area contributed by atoms with Crippen LogP contribution in [0.2, 0.25) is 0 Å². The van der Waals surface area contributed by atoms with Crippen LogP contribution in [0.3, 0.4) is 0 Å². The number of nitrogens with one attached hydrogen (secondary N) is 6. The number of rotatable bonds is 23. The van der Waals surface area contributed by atoms with Crippen LogP contribution in [0, 0.1) is 5.92 Å². The molecule has 23 heteroatoms. The normalized spacial score (nSPS) is 17.8. The van der Waals surface area contributed by atoms with E-state index in [-0.39, 0.29) is 50.9 Å². The first-order chi connectivity index (χ1) is 31.8. The summed E-state index contributed by atoms with van der Waals surface area (Å²) in [5.41, 5.74) is 6.40. The van der Waals surface area contributed by atoms with E-state index in [1.165, 1.54) is 29.2 Å². The fourth-order valence-corrected chi connectivity index (χ4v) is 7.79. The van der Waals surface area contributed by atoms with Crippen molar-refractivity contribution in [3.63, 3.8) is 0 Å². The van der Waals surface area contributed by atoms with Gasteiger partial charge in [-0.3, -0.25) is 43.2 Å². The van der Waals surface area contributed by atoms with Crippen LogP contribution < -0.4 is 37.6 Å². The third-order valence-electron chi connectivity index (χ3n) is 11.3. The molecule has 2 heterocycles. The van der Waals surface area contributed by atoms with E-state index in [0.29, 0.717) is 17.5 Å². The summed E-state index contributed by atoms with van der Waals surface area (Å²) in [5.74, 6) is -10.1. The minimum absolute atomic E-state index is 0.0399. The van der Waals surface area contributed by atoms with Gasteiger partial charge in [-0.2, -0.15) is 0 Å². The Kier molecular flexibility index (Phi) is 19.5. The molecule has 2 aromatic carbocycles. The highest BCUT2D eigenvalue weighted by Gasteiger charge is 2.41. The lowest BCUT2D eigenvalue weighted by Gasteiger charge is -2.31. The Balaban J connectivity index is 1.45. The summed E-state index contributed by atoms with van der Waals surface area (Å²) >= 11 is 0. The number of carbonyl (C=O) groups is 10. The largest absolute Gasteiger partial charge is 0.508 e. The summed E-state index contributed by atoms with van der Waals surface area (Å²) < 4.78 is 0. The van der Waals surface area contributed by atoms with Gasteiger partial charge in [0.2, 0.25) is 47.3 Å². The van der Waals surface area contributed by atoms with Crippen LogP contribution >= 0.6 is 0 Å². The van der Waals surface area contributed by atoms with Crippen molar-refractivity contribution in [2.75, 3.05) is 32.8 Å². The fourth-order valence-electron chi connectivity index (χ4n) is 7.79. The molecule has 8 amide bonds. The number of aliphatic hydroxyl groups is 1. The van der Waals surface area contributed by atoms with Crippen molar-refractivity contribution >= 4 is 59.2 Å². The number of phenols is 1. The molecule has 0 radical (unpaired) electrons. The number of carboxylic acids is 2. The smallest absolute Gasteiger partial charge is 0.326 e. The molecule has 2 aromatic rings. The highest BCUT2D eigenvalue weighted by atomic mass is 16.4. The number of hydrogen-bond acceptors (Lipinski definition) is 13. The zero-order valence-corrected chi connectivity index (χ0v) is 37.1. The van der Waals surface area contributed by atoms with Crippen molar-refractivity contribution in [1.29, 1.82) is 0 Å². The van der Waals surface area contributed by atoms with Gasteiger partial charge in [0.1, 0.15) is 48.0 Å². The molecule has 364 valence electrons. The maximum absolute atomic E-state index is 14.1. The number of nitrogens with two attached hydrogens (primary N) is 1. The van der Waals surface area contributed by atoms with Gasteiger partial charge >= 0.3 is 11.9 Å². The molecule has 2 fully saturated rings. The number of hydrogen-bond donors (Lipinski definition) is 11. The number of aliphatic hydroxyl groups excluding tert-OH is 1. The number of aromatic hydroxyl groups is 1. The highest BCUT2D eigenvalue weighted by molar-refractivity contribution is 5.98. The Labute approximate surface area is 385 Å².